The van der Waals surface area contributed by atoms with Gasteiger partial charge in [0.2, 0.25) is 10.8 Å². The van der Waals surface area contributed by atoms with E-state index in [1.54, 1.807) is 7.11 Å². The summed E-state index contributed by atoms with van der Waals surface area (Å²) in [6.07, 6.45) is 1.78. The summed E-state index contributed by atoms with van der Waals surface area (Å²) >= 11 is 1.48. The number of ether oxygens (including phenoxy) is 2. The summed E-state index contributed by atoms with van der Waals surface area (Å²) < 4.78 is 12.8. The van der Waals surface area contributed by atoms with Crippen LogP contribution in [0.25, 0.3) is 4.96 Å². The number of rotatable bonds is 4. The minimum absolute atomic E-state index is 0.0348. The van der Waals surface area contributed by atoms with E-state index in [4.69, 9.17) is 9.47 Å². The van der Waals surface area contributed by atoms with E-state index in [-0.39, 0.29) is 24.1 Å². The normalized spacial score (nSPS) is 24.7. The molecule has 26 heavy (non-hydrogen) atoms. The Morgan fingerprint density at radius 1 is 1.35 bits per heavy atom. The number of hydrogen-bond acceptors (Lipinski definition) is 6. The van der Waals surface area contributed by atoms with E-state index >= 15 is 0 Å². The molecule has 1 aromatic carbocycles. The Kier molecular flexibility index (Phi) is 4.56. The lowest BCUT2D eigenvalue weighted by molar-refractivity contribution is -0.939. The van der Waals surface area contributed by atoms with Crippen LogP contribution in [0.15, 0.2) is 30.6 Å². The summed E-state index contributed by atoms with van der Waals surface area (Å²) in [5.74, 6) is 0.967. The maximum absolute atomic E-state index is 10.8. The average Bonchev–Trinajstić information content (AvgIpc) is 3.19. The van der Waals surface area contributed by atoms with Crippen LogP contribution in [-0.4, -0.2) is 52.1 Å². The SMILES string of the molecule is COc1cccc([C@@H](c2sc3ncnn3c2O)[NH+]2C[C@@H](C)O[C@@H](C)C2)c1. The third-order valence-electron chi connectivity index (χ3n) is 4.80. The van der Waals surface area contributed by atoms with E-state index in [1.165, 1.54) is 27.1 Å². The van der Waals surface area contributed by atoms with E-state index < -0.39 is 0 Å². The first-order chi connectivity index (χ1) is 12.6. The van der Waals surface area contributed by atoms with Crippen molar-refractivity contribution in [3.8, 4) is 11.6 Å². The van der Waals surface area contributed by atoms with Crippen molar-refractivity contribution in [2.75, 3.05) is 20.2 Å². The summed E-state index contributed by atoms with van der Waals surface area (Å²) in [4.78, 5) is 7.15. The van der Waals surface area contributed by atoms with Crippen molar-refractivity contribution < 1.29 is 19.5 Å². The third-order valence-corrected chi connectivity index (χ3v) is 5.90. The van der Waals surface area contributed by atoms with Gasteiger partial charge in [-0.25, -0.2) is 4.98 Å². The van der Waals surface area contributed by atoms with Gasteiger partial charge in [-0.3, -0.25) is 0 Å². The molecule has 2 aromatic heterocycles. The highest BCUT2D eigenvalue weighted by Crippen LogP contribution is 2.35. The van der Waals surface area contributed by atoms with Gasteiger partial charge < -0.3 is 19.5 Å². The smallest absolute Gasteiger partial charge is 0.235 e. The van der Waals surface area contributed by atoms with Gasteiger partial charge in [0.15, 0.2) is 6.04 Å². The van der Waals surface area contributed by atoms with Crippen LogP contribution in [-0.2, 0) is 4.74 Å². The quantitative estimate of drug-likeness (QED) is 0.719. The number of quaternary nitrogens is 1. The van der Waals surface area contributed by atoms with Crippen molar-refractivity contribution in [2.45, 2.75) is 32.1 Å². The zero-order chi connectivity index (χ0) is 18.3. The van der Waals surface area contributed by atoms with Gasteiger partial charge in [0.1, 0.15) is 42.3 Å². The topological polar surface area (TPSA) is 73.3 Å². The van der Waals surface area contributed by atoms with Crippen LogP contribution in [0.1, 0.15) is 30.3 Å². The summed E-state index contributed by atoms with van der Waals surface area (Å²) in [5.41, 5.74) is 1.10. The molecule has 1 saturated heterocycles. The molecule has 7 nitrogen and oxygen atoms in total. The van der Waals surface area contributed by atoms with Crippen LogP contribution < -0.4 is 9.64 Å². The minimum Gasteiger partial charge on any atom is -0.497 e. The third kappa shape index (κ3) is 3.04. The molecule has 3 aromatic rings. The maximum Gasteiger partial charge on any atom is 0.235 e. The largest absolute Gasteiger partial charge is 0.497 e. The first-order valence-corrected chi connectivity index (χ1v) is 9.54. The fraction of sp³-hybridized carbons (Fsp3) is 0.444. The van der Waals surface area contributed by atoms with Crippen molar-refractivity contribution in [3.05, 3.63) is 41.0 Å². The first-order valence-electron chi connectivity index (χ1n) is 8.72. The molecule has 1 aliphatic rings. The van der Waals surface area contributed by atoms with Gasteiger partial charge in [0.25, 0.3) is 0 Å². The van der Waals surface area contributed by atoms with Gasteiger partial charge in [-0.15, -0.1) is 0 Å². The molecule has 0 amide bonds. The lowest BCUT2D eigenvalue weighted by Gasteiger charge is -2.37. The van der Waals surface area contributed by atoms with Gasteiger partial charge in [0.05, 0.1) is 7.11 Å². The van der Waals surface area contributed by atoms with Crippen molar-refractivity contribution in [3.63, 3.8) is 0 Å². The Labute approximate surface area is 155 Å². The molecule has 0 bridgehead atoms. The average molecular weight is 375 g/mol. The molecule has 0 radical (unpaired) electrons. The van der Waals surface area contributed by atoms with Crippen molar-refractivity contribution in [1.82, 2.24) is 14.6 Å². The van der Waals surface area contributed by atoms with E-state index in [0.29, 0.717) is 4.96 Å². The molecule has 1 unspecified atom stereocenters. The Hall–Kier alpha value is -2.16. The summed E-state index contributed by atoms with van der Waals surface area (Å²) in [5, 5.41) is 14.9. The molecule has 8 heteroatoms. The number of thiazole rings is 1. The molecule has 3 heterocycles. The van der Waals surface area contributed by atoms with Crippen LogP contribution in [0.5, 0.6) is 11.6 Å². The van der Waals surface area contributed by atoms with Gasteiger partial charge in [-0.1, -0.05) is 23.5 Å². The van der Waals surface area contributed by atoms with Crippen LogP contribution in [0, 0.1) is 0 Å². The van der Waals surface area contributed by atoms with Crippen molar-refractivity contribution >= 4 is 16.3 Å². The van der Waals surface area contributed by atoms with Crippen LogP contribution in [0.3, 0.4) is 0 Å². The molecule has 0 aliphatic carbocycles. The predicted molar refractivity (Wildman–Crippen MR) is 98.1 cm³/mol. The Balaban J connectivity index is 1.83. The molecule has 0 saturated carbocycles. The van der Waals surface area contributed by atoms with Crippen LogP contribution >= 0.6 is 11.3 Å². The molecule has 1 fully saturated rings. The second-order valence-electron chi connectivity index (χ2n) is 6.78. The van der Waals surface area contributed by atoms with E-state index in [1.807, 2.05) is 18.2 Å². The zero-order valence-electron chi connectivity index (χ0n) is 15.0. The molecule has 2 N–H and O–H groups in total. The highest BCUT2D eigenvalue weighted by molar-refractivity contribution is 7.17. The van der Waals surface area contributed by atoms with E-state index in [9.17, 15) is 5.11 Å². The summed E-state index contributed by atoms with van der Waals surface area (Å²) in [7, 11) is 1.67. The lowest BCUT2D eigenvalue weighted by Crippen LogP contribution is -3.15. The fourth-order valence-corrected chi connectivity index (χ4v) is 4.94. The number of methoxy groups -OCH3 is 1. The molecule has 4 rings (SSSR count). The van der Waals surface area contributed by atoms with Gasteiger partial charge in [-0.2, -0.15) is 9.61 Å². The standard InChI is InChI=1S/C18H22N4O3S/c1-11-8-21(9-12(2)25-11)15(13-5-4-6-14(7-13)24-3)16-17(23)22-18(26-16)19-10-20-22/h4-7,10-12,15,23H,8-9H2,1-3H3/p+1/t11-,12+,15-/m0/s1. The van der Waals surface area contributed by atoms with Crippen molar-refractivity contribution in [1.29, 1.82) is 0 Å². The van der Waals surface area contributed by atoms with Gasteiger partial charge in [0, 0.05) is 5.56 Å². The number of morpholine rings is 1. The molecule has 0 spiro atoms. The Morgan fingerprint density at radius 2 is 2.12 bits per heavy atom. The fourth-order valence-electron chi connectivity index (χ4n) is 3.83. The highest BCUT2D eigenvalue weighted by atomic mass is 32.1. The molecular weight excluding hydrogens is 352 g/mol. The second-order valence-corrected chi connectivity index (χ2v) is 7.79. The molecular formula is C18H23N4O3S+. The summed E-state index contributed by atoms with van der Waals surface area (Å²) in [6.45, 7) is 5.92. The van der Waals surface area contributed by atoms with E-state index in [2.05, 4.69) is 30.0 Å². The first kappa shape index (κ1) is 17.3. The van der Waals surface area contributed by atoms with Gasteiger partial charge in [-0.05, 0) is 26.0 Å². The van der Waals surface area contributed by atoms with Gasteiger partial charge >= 0.3 is 0 Å². The molecule has 1 aliphatic heterocycles. The number of fused-ring (bicyclic) bond motifs is 1. The number of nitrogens with zero attached hydrogens (tertiary/aromatic N) is 3. The summed E-state index contributed by atoms with van der Waals surface area (Å²) in [6, 6.07) is 8.01. The minimum atomic E-state index is -0.0348. The molecule has 4 atom stereocenters. The Bertz CT molecular complexity index is 899. The van der Waals surface area contributed by atoms with Crippen LogP contribution in [0.2, 0.25) is 0 Å². The highest BCUT2D eigenvalue weighted by Gasteiger charge is 2.37. The van der Waals surface area contributed by atoms with Crippen LogP contribution in [0.4, 0.5) is 0 Å². The predicted octanol–water partition coefficient (Wildman–Crippen LogP) is 1.29. The zero-order valence-corrected chi connectivity index (χ0v) is 15.9. The lowest BCUT2D eigenvalue weighted by atomic mass is 10.0. The van der Waals surface area contributed by atoms with Crippen molar-refractivity contribution in [2.24, 2.45) is 0 Å². The molecule has 138 valence electrons. The maximum atomic E-state index is 10.8. The second kappa shape index (κ2) is 6.86. The number of aromatic nitrogens is 3. The number of nitrogens with one attached hydrogen (secondary N) is 1. The van der Waals surface area contributed by atoms with E-state index in [0.717, 1.165) is 29.3 Å². The Morgan fingerprint density at radius 3 is 2.81 bits per heavy atom. The monoisotopic (exact) mass is 375 g/mol. The number of hydrogen-bond donors (Lipinski definition) is 2. The number of aromatic hydroxyl groups is 1. The number of benzene rings is 1.